The van der Waals surface area contributed by atoms with E-state index in [0.29, 0.717) is 18.1 Å². The molecule has 11 heteroatoms. The molecule has 0 saturated carbocycles. The van der Waals surface area contributed by atoms with Gasteiger partial charge in [0.05, 0.1) is 12.7 Å². The maximum absolute atomic E-state index is 10.3. The summed E-state index contributed by atoms with van der Waals surface area (Å²) < 4.78 is 18.5. The third-order valence-corrected chi connectivity index (χ3v) is 13.8. The van der Waals surface area contributed by atoms with Crippen LogP contribution in [-0.2, 0) is 17.8 Å². The second-order valence-corrected chi connectivity index (χ2v) is 22.6. The van der Waals surface area contributed by atoms with Crippen LogP contribution < -0.4 is 34.7 Å². The predicted octanol–water partition coefficient (Wildman–Crippen LogP) is -0.594. The van der Waals surface area contributed by atoms with Crippen molar-refractivity contribution < 1.29 is 57.5 Å². The van der Waals surface area contributed by atoms with Crippen molar-refractivity contribution in [3.63, 3.8) is 0 Å². The molecule has 1 N–H and O–H groups in total. The fourth-order valence-corrected chi connectivity index (χ4v) is 15.9. The molecule has 0 spiro atoms. The van der Waals surface area contributed by atoms with Gasteiger partial charge in [0.25, 0.3) is 0 Å². The number of rotatable bonds is 15. The summed E-state index contributed by atoms with van der Waals surface area (Å²) in [7, 11) is -5.57. The summed E-state index contributed by atoms with van der Waals surface area (Å²) in [6.07, 6.45) is 0.277. The molecule has 0 fully saturated rings. The van der Waals surface area contributed by atoms with Crippen LogP contribution in [0.2, 0.25) is 51.9 Å². The van der Waals surface area contributed by atoms with Gasteiger partial charge < -0.3 is 28.0 Å². The van der Waals surface area contributed by atoms with Crippen LogP contribution in [0.15, 0.2) is 0 Å². The zero-order chi connectivity index (χ0) is 20.4. The second-order valence-electron chi connectivity index (χ2n) is 8.59. The molecule has 0 aromatic heterocycles. The fraction of sp³-hybridized carbons (Fsp3) is 0.938. The van der Waals surface area contributed by atoms with Gasteiger partial charge in [-0.05, 0) is 70.5 Å². The summed E-state index contributed by atoms with van der Waals surface area (Å²) in [5.41, 5.74) is 0. The standard InChI is InChI=1S/C16H38O6SSi3.Na/c1-24(2,3)21-26(7,22-25(4,5)6)12-8-10-20-13-15(17)14-23-11-9-16(18)19;/h15,17H,8-14H2,1-7H3,(H,18,19);/q;+1/p-1. The smallest absolute Gasteiger partial charge is 0.550 e. The number of ether oxygens (including phenoxy) is 1. The van der Waals surface area contributed by atoms with Gasteiger partial charge in [-0.2, -0.15) is 11.8 Å². The van der Waals surface area contributed by atoms with Crippen LogP contribution in [-0.4, -0.2) is 67.1 Å². The first-order chi connectivity index (χ1) is 11.7. The molecule has 27 heavy (non-hydrogen) atoms. The Morgan fingerprint density at radius 3 is 2.04 bits per heavy atom. The van der Waals surface area contributed by atoms with Crippen LogP contribution in [0.4, 0.5) is 0 Å². The number of aliphatic hydroxyl groups is 1. The number of hydrogen-bond acceptors (Lipinski definition) is 7. The van der Waals surface area contributed by atoms with E-state index < -0.39 is 37.3 Å². The third kappa shape index (κ3) is 20.4. The molecule has 0 aliphatic carbocycles. The Balaban J connectivity index is 0. The van der Waals surface area contributed by atoms with Crippen molar-refractivity contribution in [1.29, 1.82) is 0 Å². The Bertz CT molecular complexity index is 402. The van der Waals surface area contributed by atoms with E-state index in [0.717, 1.165) is 12.5 Å². The second kappa shape index (κ2) is 14.3. The van der Waals surface area contributed by atoms with Crippen LogP contribution in [0.1, 0.15) is 12.8 Å². The summed E-state index contributed by atoms with van der Waals surface area (Å²) in [6, 6.07) is 0.887. The quantitative estimate of drug-likeness (QED) is 0.256. The Morgan fingerprint density at radius 2 is 1.59 bits per heavy atom. The van der Waals surface area contributed by atoms with Crippen molar-refractivity contribution in [2.75, 3.05) is 24.7 Å². The van der Waals surface area contributed by atoms with Gasteiger partial charge in [0.15, 0.2) is 16.6 Å². The first-order valence-corrected chi connectivity index (χ1v) is 19.7. The van der Waals surface area contributed by atoms with E-state index in [-0.39, 0.29) is 42.6 Å². The summed E-state index contributed by atoms with van der Waals surface area (Å²) >= 11 is 1.40. The van der Waals surface area contributed by atoms with Crippen molar-refractivity contribution in [1.82, 2.24) is 0 Å². The molecule has 0 heterocycles. The minimum atomic E-state index is -2.22. The number of aliphatic hydroxyl groups excluding tert-OH is 1. The van der Waals surface area contributed by atoms with Crippen LogP contribution >= 0.6 is 11.8 Å². The Kier molecular flexibility index (Phi) is 16.2. The average Bonchev–Trinajstić information content (AvgIpc) is 2.38. The SMILES string of the molecule is C[Si](C)(C)O[Si](C)(CCCOCC(O)CSCCC(=O)[O-])O[Si](C)(C)C.[Na+]. The van der Waals surface area contributed by atoms with Crippen LogP contribution in [0.25, 0.3) is 0 Å². The molecule has 0 bridgehead atoms. The molecule has 0 radical (unpaired) electrons. The molecule has 1 atom stereocenters. The Hall–Kier alpha value is 1.31. The average molecular weight is 465 g/mol. The summed E-state index contributed by atoms with van der Waals surface area (Å²) in [4.78, 5) is 10.3. The zero-order valence-corrected chi connectivity index (χ0v) is 24.2. The fourth-order valence-electron chi connectivity index (χ4n) is 2.56. The number of hydrogen-bond donors (Lipinski definition) is 1. The van der Waals surface area contributed by atoms with E-state index in [1.807, 2.05) is 0 Å². The summed E-state index contributed by atoms with van der Waals surface area (Å²) in [5, 5.41) is 20.2. The van der Waals surface area contributed by atoms with Gasteiger partial charge in [-0.25, -0.2) is 0 Å². The van der Waals surface area contributed by atoms with E-state index in [4.69, 9.17) is 13.0 Å². The van der Waals surface area contributed by atoms with Crippen molar-refractivity contribution >= 4 is 42.9 Å². The van der Waals surface area contributed by atoms with Crippen molar-refractivity contribution in [2.24, 2.45) is 0 Å². The first kappa shape index (κ1) is 30.5. The van der Waals surface area contributed by atoms with Gasteiger partial charge in [-0.3, -0.25) is 0 Å². The monoisotopic (exact) mass is 464 g/mol. The predicted molar refractivity (Wildman–Crippen MR) is 114 cm³/mol. The van der Waals surface area contributed by atoms with Crippen LogP contribution in [0.3, 0.4) is 0 Å². The molecular formula is C16H37NaO6SSi3. The van der Waals surface area contributed by atoms with E-state index >= 15 is 0 Å². The molecule has 0 aliphatic heterocycles. The van der Waals surface area contributed by atoms with Crippen molar-refractivity contribution in [2.45, 2.75) is 70.8 Å². The van der Waals surface area contributed by atoms with Gasteiger partial charge in [0, 0.05) is 18.3 Å². The Morgan fingerprint density at radius 1 is 1.07 bits per heavy atom. The molecule has 0 saturated heterocycles. The molecular weight excluding hydrogens is 427 g/mol. The molecule has 0 aromatic carbocycles. The molecule has 0 aromatic rings. The van der Waals surface area contributed by atoms with E-state index in [9.17, 15) is 15.0 Å². The zero-order valence-electron chi connectivity index (χ0n) is 18.4. The molecule has 0 rings (SSSR count). The largest absolute Gasteiger partial charge is 1.00 e. The molecule has 1 unspecified atom stereocenters. The van der Waals surface area contributed by atoms with Crippen molar-refractivity contribution in [3.05, 3.63) is 0 Å². The summed E-state index contributed by atoms with van der Waals surface area (Å²) in [5.74, 6) is -0.139. The maximum atomic E-state index is 10.3. The van der Waals surface area contributed by atoms with Gasteiger partial charge in [0.2, 0.25) is 0 Å². The van der Waals surface area contributed by atoms with Crippen LogP contribution in [0, 0.1) is 0 Å². The first-order valence-electron chi connectivity index (χ1n) is 9.16. The number of thioether (sulfide) groups is 1. The third-order valence-electron chi connectivity index (χ3n) is 3.03. The topological polar surface area (TPSA) is 88.0 Å². The van der Waals surface area contributed by atoms with Crippen molar-refractivity contribution in [3.8, 4) is 0 Å². The van der Waals surface area contributed by atoms with Gasteiger partial charge >= 0.3 is 38.1 Å². The number of carbonyl (C=O) groups is 1. The number of carbonyl (C=O) groups excluding carboxylic acids is 1. The minimum absolute atomic E-state index is 0. The van der Waals surface area contributed by atoms with E-state index in [2.05, 4.69) is 45.8 Å². The van der Waals surface area contributed by atoms with E-state index in [1.165, 1.54) is 11.8 Å². The van der Waals surface area contributed by atoms with Gasteiger partial charge in [0.1, 0.15) is 0 Å². The molecule has 6 nitrogen and oxygen atoms in total. The normalized spacial score (nSPS) is 13.9. The number of carboxylic acids is 1. The molecule has 156 valence electrons. The maximum Gasteiger partial charge on any atom is 1.00 e. The molecule has 0 aliphatic rings. The van der Waals surface area contributed by atoms with Gasteiger partial charge in [-0.1, -0.05) is 0 Å². The molecule has 0 amide bonds. The Labute approximate surface area is 194 Å². The van der Waals surface area contributed by atoms with E-state index in [1.54, 1.807) is 0 Å². The summed E-state index contributed by atoms with van der Waals surface area (Å²) in [6.45, 7) is 16.1. The number of carboxylic acid groups (broad SMARTS) is 1. The number of aliphatic carboxylic acids is 1. The minimum Gasteiger partial charge on any atom is -0.550 e. The van der Waals surface area contributed by atoms with Gasteiger partial charge in [-0.15, -0.1) is 0 Å². The van der Waals surface area contributed by atoms with Crippen LogP contribution in [0.5, 0.6) is 0 Å².